The molecule has 29 heavy (non-hydrogen) atoms. The molecule has 1 amide bonds. The number of benzene rings is 1. The van der Waals surface area contributed by atoms with Gasteiger partial charge < -0.3 is 10.6 Å². The van der Waals surface area contributed by atoms with Crippen LogP contribution >= 0.6 is 36.4 Å². The second kappa shape index (κ2) is 11.2. The van der Waals surface area contributed by atoms with Crippen molar-refractivity contribution in [1.29, 1.82) is 0 Å². The number of piperazine rings is 1. The number of carbonyl (C=O) groups excluding carboxylic acids is 1. The minimum Gasteiger partial charge on any atom is -0.314 e. The summed E-state index contributed by atoms with van der Waals surface area (Å²) in [4.78, 5) is 15.0. The maximum Gasteiger partial charge on any atom is 0.239 e. The lowest BCUT2D eigenvalue weighted by molar-refractivity contribution is -0.118. The van der Waals surface area contributed by atoms with E-state index in [4.69, 9.17) is 11.6 Å². The van der Waals surface area contributed by atoms with Crippen LogP contribution < -0.4 is 10.6 Å². The molecular weight excluding hydrogens is 433 g/mol. The van der Waals surface area contributed by atoms with Gasteiger partial charge in [0.2, 0.25) is 5.91 Å². The lowest BCUT2D eigenvalue weighted by atomic mass is 10.0. The first-order chi connectivity index (χ1) is 13.2. The van der Waals surface area contributed by atoms with E-state index in [0.29, 0.717) is 12.6 Å². The van der Waals surface area contributed by atoms with Crippen LogP contribution in [0.5, 0.6) is 0 Å². The molecule has 1 aromatic carbocycles. The molecule has 1 saturated heterocycles. The summed E-state index contributed by atoms with van der Waals surface area (Å²) in [5, 5.41) is 11.7. The van der Waals surface area contributed by atoms with E-state index in [9.17, 15) is 4.79 Å². The van der Waals surface area contributed by atoms with E-state index in [1.54, 1.807) is 6.20 Å². The molecular formula is C20H28Cl3N5O. The summed E-state index contributed by atoms with van der Waals surface area (Å²) in [5.41, 5.74) is 1.06. The first-order valence-corrected chi connectivity index (χ1v) is 10.1. The largest absolute Gasteiger partial charge is 0.314 e. The van der Waals surface area contributed by atoms with Crippen molar-refractivity contribution in [3.63, 3.8) is 0 Å². The second-order valence-electron chi connectivity index (χ2n) is 7.36. The van der Waals surface area contributed by atoms with Crippen LogP contribution in [-0.2, 0) is 4.79 Å². The minimum absolute atomic E-state index is 0. The van der Waals surface area contributed by atoms with E-state index < -0.39 is 0 Å². The highest BCUT2D eigenvalue weighted by Gasteiger charge is 2.27. The van der Waals surface area contributed by atoms with Crippen molar-refractivity contribution in [2.24, 2.45) is 0 Å². The van der Waals surface area contributed by atoms with Crippen molar-refractivity contribution in [3.05, 3.63) is 47.1 Å². The number of nitrogens with one attached hydrogen (secondary N) is 2. The quantitative estimate of drug-likeness (QED) is 0.706. The number of aromatic nitrogens is 2. The van der Waals surface area contributed by atoms with Gasteiger partial charge in [0, 0.05) is 36.8 Å². The third-order valence-electron chi connectivity index (χ3n) is 5.57. The number of halogens is 3. The Morgan fingerprint density at radius 2 is 1.97 bits per heavy atom. The van der Waals surface area contributed by atoms with Gasteiger partial charge in [0.1, 0.15) is 5.82 Å². The summed E-state index contributed by atoms with van der Waals surface area (Å²) in [7, 11) is 0. The van der Waals surface area contributed by atoms with Crippen LogP contribution in [0.15, 0.2) is 36.5 Å². The van der Waals surface area contributed by atoms with E-state index >= 15 is 0 Å². The number of hydrogen-bond donors (Lipinski definition) is 2. The topological polar surface area (TPSA) is 62.2 Å². The van der Waals surface area contributed by atoms with Crippen molar-refractivity contribution >= 4 is 48.1 Å². The van der Waals surface area contributed by atoms with Crippen LogP contribution in [0.4, 0.5) is 5.82 Å². The average molecular weight is 461 g/mol. The Bertz CT molecular complexity index is 794. The standard InChI is InChI=1S/C20H26ClN5O.2ClH/c21-17-8-4-3-7-16(17)18-13-22-11-12-25(18)14-20(27)24-19-9-10-23-26(19)15-5-1-2-6-15;;/h3-4,7-10,15,18,22H,1-2,5-6,11-14H2,(H,24,27);2*1H. The average Bonchev–Trinajstić information content (AvgIpc) is 3.34. The maximum atomic E-state index is 12.8. The Balaban J connectivity index is 0.00000150. The molecule has 2 heterocycles. The number of nitrogens with zero attached hydrogens (tertiary/aromatic N) is 3. The SMILES string of the molecule is Cl.Cl.O=C(CN1CCNCC1c1ccccc1Cl)Nc1ccnn1C1CCCC1. The number of anilines is 1. The van der Waals surface area contributed by atoms with Gasteiger partial charge in [-0.25, -0.2) is 4.68 Å². The van der Waals surface area contributed by atoms with Crippen LogP contribution in [0.2, 0.25) is 5.02 Å². The molecule has 1 unspecified atom stereocenters. The predicted octanol–water partition coefficient (Wildman–Crippen LogP) is 4.08. The predicted molar refractivity (Wildman–Crippen MR) is 121 cm³/mol. The second-order valence-corrected chi connectivity index (χ2v) is 7.77. The molecule has 9 heteroatoms. The van der Waals surface area contributed by atoms with Crippen LogP contribution in [0.3, 0.4) is 0 Å². The summed E-state index contributed by atoms with van der Waals surface area (Å²) >= 11 is 6.40. The smallest absolute Gasteiger partial charge is 0.239 e. The Hall–Kier alpha value is -1.31. The van der Waals surface area contributed by atoms with Crippen LogP contribution in [-0.4, -0.2) is 46.8 Å². The van der Waals surface area contributed by atoms with Crippen LogP contribution in [0, 0.1) is 0 Å². The zero-order valence-corrected chi connectivity index (χ0v) is 18.6. The normalized spacial score (nSPS) is 20.0. The Morgan fingerprint density at radius 1 is 1.21 bits per heavy atom. The Kier molecular flexibility index (Phi) is 9.24. The third-order valence-corrected chi connectivity index (χ3v) is 5.92. The van der Waals surface area contributed by atoms with Gasteiger partial charge in [0.05, 0.1) is 18.8 Å². The van der Waals surface area contributed by atoms with Crippen molar-refractivity contribution in [2.45, 2.75) is 37.8 Å². The Morgan fingerprint density at radius 3 is 2.72 bits per heavy atom. The van der Waals surface area contributed by atoms with Gasteiger partial charge >= 0.3 is 0 Å². The van der Waals surface area contributed by atoms with Gasteiger partial charge in [-0.15, -0.1) is 24.8 Å². The fraction of sp³-hybridized carbons (Fsp3) is 0.500. The van der Waals surface area contributed by atoms with E-state index in [0.717, 1.165) is 48.9 Å². The fourth-order valence-corrected chi connectivity index (χ4v) is 4.47. The molecule has 0 radical (unpaired) electrons. The highest BCUT2D eigenvalue weighted by atomic mass is 35.5. The van der Waals surface area contributed by atoms with E-state index in [-0.39, 0.29) is 36.8 Å². The minimum atomic E-state index is -0.00583. The summed E-state index contributed by atoms with van der Waals surface area (Å²) in [6.45, 7) is 2.81. The molecule has 1 aromatic heterocycles. The molecule has 1 aliphatic carbocycles. The van der Waals surface area contributed by atoms with Crippen LogP contribution in [0.25, 0.3) is 0 Å². The molecule has 1 aliphatic heterocycles. The molecule has 160 valence electrons. The highest BCUT2D eigenvalue weighted by Crippen LogP contribution is 2.31. The molecule has 4 rings (SSSR count). The first-order valence-electron chi connectivity index (χ1n) is 9.75. The molecule has 0 spiro atoms. The van der Waals surface area contributed by atoms with Crippen molar-refractivity contribution in [2.75, 3.05) is 31.5 Å². The van der Waals surface area contributed by atoms with Crippen molar-refractivity contribution < 1.29 is 4.79 Å². The maximum absolute atomic E-state index is 12.8. The molecule has 1 saturated carbocycles. The molecule has 0 bridgehead atoms. The number of hydrogen-bond acceptors (Lipinski definition) is 4. The number of amides is 1. The molecule has 2 fully saturated rings. The molecule has 2 N–H and O–H groups in total. The van der Waals surface area contributed by atoms with E-state index in [1.807, 2.05) is 35.0 Å². The number of carbonyl (C=O) groups is 1. The lowest BCUT2D eigenvalue weighted by Crippen LogP contribution is -2.48. The van der Waals surface area contributed by atoms with Gasteiger partial charge in [-0.2, -0.15) is 5.10 Å². The lowest BCUT2D eigenvalue weighted by Gasteiger charge is -2.36. The molecule has 1 atom stereocenters. The van der Waals surface area contributed by atoms with Crippen LogP contribution in [0.1, 0.15) is 43.3 Å². The molecule has 2 aromatic rings. The van der Waals surface area contributed by atoms with Gasteiger partial charge in [0.15, 0.2) is 0 Å². The summed E-state index contributed by atoms with van der Waals surface area (Å²) in [6.07, 6.45) is 6.51. The first kappa shape index (κ1) is 24.0. The van der Waals surface area contributed by atoms with E-state index in [1.165, 1.54) is 12.8 Å². The Labute approximate surface area is 189 Å². The van der Waals surface area contributed by atoms with Gasteiger partial charge in [0.25, 0.3) is 0 Å². The zero-order chi connectivity index (χ0) is 18.6. The highest BCUT2D eigenvalue weighted by molar-refractivity contribution is 6.31. The molecule has 6 nitrogen and oxygen atoms in total. The zero-order valence-electron chi connectivity index (χ0n) is 16.2. The van der Waals surface area contributed by atoms with Gasteiger partial charge in [-0.3, -0.25) is 9.69 Å². The van der Waals surface area contributed by atoms with Crippen molar-refractivity contribution in [1.82, 2.24) is 20.0 Å². The van der Waals surface area contributed by atoms with E-state index in [2.05, 4.69) is 20.6 Å². The summed E-state index contributed by atoms with van der Waals surface area (Å²) in [6, 6.07) is 10.3. The van der Waals surface area contributed by atoms with Gasteiger partial charge in [-0.1, -0.05) is 42.6 Å². The summed E-state index contributed by atoms with van der Waals surface area (Å²) < 4.78 is 1.98. The summed E-state index contributed by atoms with van der Waals surface area (Å²) in [5.74, 6) is 0.796. The third kappa shape index (κ3) is 5.64. The van der Waals surface area contributed by atoms with Crippen molar-refractivity contribution in [3.8, 4) is 0 Å². The molecule has 2 aliphatic rings. The monoisotopic (exact) mass is 459 g/mol. The fourth-order valence-electron chi connectivity index (χ4n) is 4.21. The number of rotatable bonds is 5. The van der Waals surface area contributed by atoms with Gasteiger partial charge in [-0.05, 0) is 24.5 Å².